The molecule has 0 bridgehead atoms. The molecule has 1 aliphatic heterocycles. The van der Waals surface area contributed by atoms with Crippen LogP contribution in [-0.4, -0.2) is 44.9 Å². The largest absolute Gasteiger partial charge is 0.416 e. The lowest BCUT2D eigenvalue weighted by atomic mass is 10.1. The van der Waals surface area contributed by atoms with Crippen LogP contribution in [-0.2, 0) is 20.9 Å². The number of nitrogens with zero attached hydrogens (tertiary/aromatic N) is 1. The Labute approximate surface area is 160 Å². The average molecular weight is 414 g/mol. The minimum atomic E-state index is -4.51. The van der Waals surface area contributed by atoms with Crippen LogP contribution in [0.4, 0.5) is 18.9 Å². The summed E-state index contributed by atoms with van der Waals surface area (Å²) in [4.78, 5) is 12.3. The third-order valence-corrected chi connectivity index (χ3v) is 6.15. The second-order valence-electron chi connectivity index (χ2n) is 6.04. The summed E-state index contributed by atoms with van der Waals surface area (Å²) in [5.41, 5.74) is -0.843. The highest BCUT2D eigenvalue weighted by molar-refractivity contribution is 7.89. The third-order valence-electron chi connectivity index (χ3n) is 4.20. The van der Waals surface area contributed by atoms with E-state index in [2.05, 4.69) is 5.32 Å². The molecule has 1 N–H and O–H groups in total. The van der Waals surface area contributed by atoms with Gasteiger partial charge in [0.2, 0.25) is 10.0 Å². The van der Waals surface area contributed by atoms with Crippen molar-refractivity contribution < 1.29 is 31.1 Å². The zero-order chi connectivity index (χ0) is 20.4. The highest BCUT2D eigenvalue weighted by Crippen LogP contribution is 2.29. The monoisotopic (exact) mass is 414 g/mol. The van der Waals surface area contributed by atoms with Gasteiger partial charge in [-0.05, 0) is 36.4 Å². The molecule has 0 atom stereocenters. The highest BCUT2D eigenvalue weighted by Gasteiger charge is 2.31. The molecule has 1 amide bonds. The number of sulfonamides is 1. The number of ether oxygens (including phenoxy) is 1. The van der Waals surface area contributed by atoms with E-state index < -0.39 is 27.7 Å². The predicted octanol–water partition coefficient (Wildman–Crippen LogP) is 2.98. The van der Waals surface area contributed by atoms with E-state index in [4.69, 9.17) is 4.74 Å². The number of para-hydroxylation sites is 1. The van der Waals surface area contributed by atoms with E-state index in [1.807, 2.05) is 0 Å². The molecule has 2 aromatic carbocycles. The van der Waals surface area contributed by atoms with Crippen LogP contribution in [0.5, 0.6) is 0 Å². The van der Waals surface area contributed by atoms with Crippen LogP contribution in [0.3, 0.4) is 0 Å². The number of hydrogen-bond donors (Lipinski definition) is 1. The lowest BCUT2D eigenvalue weighted by molar-refractivity contribution is -0.137. The first kappa shape index (κ1) is 20.3. The summed E-state index contributed by atoms with van der Waals surface area (Å²) < 4.78 is 70.1. The number of anilines is 1. The first-order valence-corrected chi connectivity index (χ1v) is 9.79. The summed E-state index contributed by atoms with van der Waals surface area (Å²) in [7, 11) is -3.86. The Hall–Kier alpha value is -2.43. The number of carbonyl (C=O) groups is 1. The molecule has 1 saturated heterocycles. The van der Waals surface area contributed by atoms with Crippen LogP contribution < -0.4 is 5.32 Å². The fourth-order valence-corrected chi connectivity index (χ4v) is 4.28. The van der Waals surface area contributed by atoms with Gasteiger partial charge in [0.1, 0.15) is 4.90 Å². The minimum Gasteiger partial charge on any atom is -0.379 e. The number of halogens is 3. The molecule has 0 aromatic heterocycles. The third kappa shape index (κ3) is 4.34. The molecular weight excluding hydrogens is 397 g/mol. The Morgan fingerprint density at radius 2 is 1.61 bits per heavy atom. The molecule has 0 aliphatic carbocycles. The van der Waals surface area contributed by atoms with E-state index in [1.165, 1.54) is 22.5 Å². The van der Waals surface area contributed by atoms with Crippen LogP contribution in [0.25, 0.3) is 0 Å². The van der Waals surface area contributed by atoms with Crippen LogP contribution in [0, 0.1) is 0 Å². The van der Waals surface area contributed by atoms with Gasteiger partial charge in [0.25, 0.3) is 5.91 Å². The first-order valence-electron chi connectivity index (χ1n) is 8.35. The molecule has 3 rings (SSSR count). The van der Waals surface area contributed by atoms with Crippen molar-refractivity contribution in [1.82, 2.24) is 4.31 Å². The minimum absolute atomic E-state index is 0.0217. The number of carbonyl (C=O) groups excluding carboxylic acids is 1. The number of nitrogens with one attached hydrogen (secondary N) is 1. The summed E-state index contributed by atoms with van der Waals surface area (Å²) >= 11 is 0. The van der Waals surface area contributed by atoms with Gasteiger partial charge in [-0.3, -0.25) is 4.79 Å². The van der Waals surface area contributed by atoms with Crippen molar-refractivity contribution in [3.8, 4) is 0 Å². The van der Waals surface area contributed by atoms with E-state index in [0.717, 1.165) is 24.3 Å². The van der Waals surface area contributed by atoms with Gasteiger partial charge in [0.05, 0.1) is 24.5 Å². The fraction of sp³-hybridized carbons (Fsp3) is 0.278. The van der Waals surface area contributed by atoms with Crippen LogP contribution in [0.2, 0.25) is 0 Å². The second kappa shape index (κ2) is 7.90. The van der Waals surface area contributed by atoms with Gasteiger partial charge in [-0.15, -0.1) is 0 Å². The van der Waals surface area contributed by atoms with Crippen molar-refractivity contribution in [2.75, 3.05) is 31.6 Å². The Morgan fingerprint density at radius 3 is 2.21 bits per heavy atom. The molecule has 1 heterocycles. The van der Waals surface area contributed by atoms with Crippen molar-refractivity contribution >= 4 is 21.6 Å². The molecule has 6 nitrogen and oxygen atoms in total. The Bertz CT molecular complexity index is 954. The summed E-state index contributed by atoms with van der Waals surface area (Å²) in [6, 6.07) is 9.55. The molecule has 150 valence electrons. The maximum Gasteiger partial charge on any atom is 0.416 e. The average Bonchev–Trinajstić information content (AvgIpc) is 2.68. The van der Waals surface area contributed by atoms with Crippen molar-refractivity contribution in [3.63, 3.8) is 0 Å². The van der Waals surface area contributed by atoms with Crippen LogP contribution in [0.15, 0.2) is 53.4 Å². The molecule has 28 heavy (non-hydrogen) atoms. The highest BCUT2D eigenvalue weighted by atomic mass is 32.2. The number of hydrogen-bond acceptors (Lipinski definition) is 4. The molecule has 0 spiro atoms. The fourth-order valence-electron chi connectivity index (χ4n) is 2.73. The van der Waals surface area contributed by atoms with Crippen molar-refractivity contribution in [2.24, 2.45) is 0 Å². The second-order valence-corrected chi connectivity index (χ2v) is 7.95. The predicted molar refractivity (Wildman–Crippen MR) is 95.4 cm³/mol. The summed E-state index contributed by atoms with van der Waals surface area (Å²) in [6.45, 7) is 0.950. The van der Waals surface area contributed by atoms with Gasteiger partial charge >= 0.3 is 6.18 Å². The van der Waals surface area contributed by atoms with E-state index in [1.54, 1.807) is 6.07 Å². The zero-order valence-corrected chi connectivity index (χ0v) is 15.4. The molecule has 0 unspecified atom stereocenters. The van der Waals surface area contributed by atoms with Gasteiger partial charge < -0.3 is 10.1 Å². The lowest BCUT2D eigenvalue weighted by Crippen LogP contribution is -2.40. The van der Waals surface area contributed by atoms with Gasteiger partial charge in [-0.2, -0.15) is 17.5 Å². The number of morpholine rings is 1. The van der Waals surface area contributed by atoms with Gasteiger partial charge in [0, 0.05) is 18.7 Å². The number of alkyl halides is 3. The maximum atomic E-state index is 12.9. The number of amides is 1. The van der Waals surface area contributed by atoms with E-state index in [9.17, 15) is 26.4 Å². The number of rotatable bonds is 4. The Morgan fingerprint density at radius 1 is 1.00 bits per heavy atom. The molecule has 1 fully saturated rings. The SMILES string of the molecule is O=C(Nc1ccccc1S(=O)(=O)N1CCOCC1)c1ccc(C(F)(F)F)cc1. The maximum absolute atomic E-state index is 12.9. The normalized spacial score (nSPS) is 16.0. The summed E-state index contributed by atoms with van der Waals surface area (Å²) in [6.07, 6.45) is -4.51. The van der Waals surface area contributed by atoms with E-state index >= 15 is 0 Å². The summed E-state index contributed by atoms with van der Waals surface area (Å²) in [5, 5.41) is 2.47. The molecule has 0 saturated carbocycles. The van der Waals surface area contributed by atoms with Gasteiger partial charge in [-0.1, -0.05) is 12.1 Å². The smallest absolute Gasteiger partial charge is 0.379 e. The lowest BCUT2D eigenvalue weighted by Gasteiger charge is -2.27. The number of benzene rings is 2. The Balaban J connectivity index is 1.84. The van der Waals surface area contributed by atoms with Gasteiger partial charge in [0.15, 0.2) is 0 Å². The molecule has 10 heteroatoms. The first-order chi connectivity index (χ1) is 13.2. The van der Waals surface area contributed by atoms with Gasteiger partial charge in [-0.25, -0.2) is 8.42 Å². The quantitative estimate of drug-likeness (QED) is 0.835. The summed E-state index contributed by atoms with van der Waals surface area (Å²) in [5.74, 6) is -0.710. The standard InChI is InChI=1S/C18H17F3N2O4S/c19-18(20,21)14-7-5-13(6-8-14)17(24)22-15-3-1-2-4-16(15)28(25,26)23-9-11-27-12-10-23/h1-8H,9-12H2,(H,22,24). The zero-order valence-electron chi connectivity index (χ0n) is 14.6. The topological polar surface area (TPSA) is 75.7 Å². The molecular formula is C18H17F3N2O4S. The molecule has 0 radical (unpaired) electrons. The Kier molecular flexibility index (Phi) is 5.73. The molecule has 2 aromatic rings. The molecule has 1 aliphatic rings. The van der Waals surface area contributed by atoms with Crippen LogP contribution in [0.1, 0.15) is 15.9 Å². The van der Waals surface area contributed by atoms with Crippen molar-refractivity contribution in [1.29, 1.82) is 0 Å². The van der Waals surface area contributed by atoms with Crippen molar-refractivity contribution in [3.05, 3.63) is 59.7 Å². The van der Waals surface area contributed by atoms with Crippen LogP contribution >= 0.6 is 0 Å². The van der Waals surface area contributed by atoms with E-state index in [0.29, 0.717) is 0 Å². The van der Waals surface area contributed by atoms with Crippen molar-refractivity contribution in [2.45, 2.75) is 11.1 Å². The van der Waals surface area contributed by atoms with E-state index in [-0.39, 0.29) is 42.4 Å².